The van der Waals surface area contributed by atoms with Crippen molar-refractivity contribution in [1.29, 1.82) is 0 Å². The Kier molecular flexibility index (Phi) is 43.4. The maximum Gasteiger partial charge on any atom is 0.306 e. The van der Waals surface area contributed by atoms with Crippen LogP contribution in [0.2, 0.25) is 0 Å². The Balaban J connectivity index is 4.38. The Morgan fingerprint density at radius 1 is 0.339 bits per heavy atom. The molecular formula is C50H90O6. The predicted molar refractivity (Wildman–Crippen MR) is 238 cm³/mol. The summed E-state index contributed by atoms with van der Waals surface area (Å²) in [5, 5.41) is 0. The van der Waals surface area contributed by atoms with E-state index < -0.39 is 6.10 Å². The lowest BCUT2D eigenvalue weighted by Crippen LogP contribution is -2.30. The molecule has 0 aliphatic rings. The molecule has 1 atom stereocenters. The van der Waals surface area contributed by atoms with Gasteiger partial charge in [-0.3, -0.25) is 14.4 Å². The van der Waals surface area contributed by atoms with Gasteiger partial charge in [-0.15, -0.1) is 0 Å². The number of unbranched alkanes of at least 4 members (excludes halogenated alkanes) is 26. The van der Waals surface area contributed by atoms with Crippen LogP contribution in [0.25, 0.3) is 0 Å². The molecule has 0 aromatic heterocycles. The summed E-state index contributed by atoms with van der Waals surface area (Å²) in [5.74, 6) is -0.942. The number of esters is 3. The van der Waals surface area contributed by atoms with Crippen LogP contribution in [0.3, 0.4) is 0 Å². The van der Waals surface area contributed by atoms with Crippen molar-refractivity contribution in [3.63, 3.8) is 0 Å². The van der Waals surface area contributed by atoms with Crippen LogP contribution in [0, 0.1) is 0 Å². The molecule has 0 radical (unpaired) electrons. The van der Waals surface area contributed by atoms with Crippen LogP contribution in [0.15, 0.2) is 36.5 Å². The van der Waals surface area contributed by atoms with Crippen molar-refractivity contribution in [2.24, 2.45) is 0 Å². The molecule has 0 aliphatic heterocycles. The average Bonchev–Trinajstić information content (AvgIpc) is 3.19. The smallest absolute Gasteiger partial charge is 0.306 e. The highest BCUT2D eigenvalue weighted by Crippen LogP contribution is 2.13. The van der Waals surface area contributed by atoms with E-state index in [1.165, 1.54) is 135 Å². The number of ether oxygens (including phenoxy) is 3. The number of hydrogen-bond donors (Lipinski definition) is 0. The van der Waals surface area contributed by atoms with E-state index in [4.69, 9.17) is 14.2 Å². The summed E-state index contributed by atoms with van der Waals surface area (Å²) in [5.41, 5.74) is 0. The summed E-state index contributed by atoms with van der Waals surface area (Å²) >= 11 is 0. The SMILES string of the molecule is CCCCCC/C=C\CCCCCCCCCC(=O)OCC(COC(=O)CCC/C=C\CCCCCC)OC(=O)CCCCC/C=C\CCCCCCCCC. The third-order valence-corrected chi connectivity index (χ3v) is 10.3. The summed E-state index contributed by atoms with van der Waals surface area (Å²) in [6.07, 6.45) is 51.3. The van der Waals surface area contributed by atoms with Gasteiger partial charge in [-0.2, -0.15) is 0 Å². The van der Waals surface area contributed by atoms with Crippen LogP contribution in [-0.4, -0.2) is 37.2 Å². The van der Waals surface area contributed by atoms with Gasteiger partial charge in [0.1, 0.15) is 13.2 Å². The largest absolute Gasteiger partial charge is 0.462 e. The van der Waals surface area contributed by atoms with E-state index in [9.17, 15) is 14.4 Å². The van der Waals surface area contributed by atoms with E-state index in [1.807, 2.05) is 0 Å². The molecule has 6 nitrogen and oxygen atoms in total. The van der Waals surface area contributed by atoms with Crippen LogP contribution in [-0.2, 0) is 28.6 Å². The van der Waals surface area contributed by atoms with Crippen molar-refractivity contribution < 1.29 is 28.6 Å². The molecule has 0 bridgehead atoms. The van der Waals surface area contributed by atoms with Crippen molar-refractivity contribution >= 4 is 17.9 Å². The second kappa shape index (κ2) is 45.3. The Morgan fingerprint density at radius 2 is 0.607 bits per heavy atom. The minimum absolute atomic E-state index is 0.0880. The Bertz CT molecular complexity index is 953. The molecule has 0 rings (SSSR count). The number of hydrogen-bond acceptors (Lipinski definition) is 6. The van der Waals surface area contributed by atoms with Crippen LogP contribution in [0.4, 0.5) is 0 Å². The van der Waals surface area contributed by atoms with E-state index in [-0.39, 0.29) is 31.1 Å². The van der Waals surface area contributed by atoms with Gasteiger partial charge in [0.25, 0.3) is 0 Å². The molecule has 0 spiro atoms. The number of allylic oxidation sites excluding steroid dienone is 6. The first-order chi connectivity index (χ1) is 27.5. The summed E-state index contributed by atoms with van der Waals surface area (Å²) in [6.45, 7) is 6.55. The van der Waals surface area contributed by atoms with Gasteiger partial charge in [0.15, 0.2) is 6.10 Å². The van der Waals surface area contributed by atoms with E-state index >= 15 is 0 Å². The fourth-order valence-corrected chi connectivity index (χ4v) is 6.67. The van der Waals surface area contributed by atoms with E-state index in [0.717, 1.165) is 64.2 Å². The molecule has 0 saturated heterocycles. The van der Waals surface area contributed by atoms with Gasteiger partial charge in [-0.1, -0.05) is 173 Å². The van der Waals surface area contributed by atoms with E-state index in [1.54, 1.807) is 0 Å². The predicted octanol–water partition coefficient (Wildman–Crippen LogP) is 15.4. The summed E-state index contributed by atoms with van der Waals surface area (Å²) in [4.78, 5) is 37.7. The number of rotatable bonds is 43. The third kappa shape index (κ3) is 42.8. The molecule has 0 aliphatic carbocycles. The molecule has 0 amide bonds. The lowest BCUT2D eigenvalue weighted by molar-refractivity contribution is -0.167. The number of carbonyl (C=O) groups excluding carboxylic acids is 3. The second-order valence-corrected chi connectivity index (χ2v) is 16.0. The lowest BCUT2D eigenvalue weighted by Gasteiger charge is -2.18. The topological polar surface area (TPSA) is 78.9 Å². The highest BCUT2D eigenvalue weighted by atomic mass is 16.6. The molecule has 6 heteroatoms. The standard InChI is InChI=1S/C50H90O6/c1-4-7-10-13-16-19-21-23-25-27-28-31-34-37-40-43-49(52)55-46-47(45-54-48(51)42-39-36-33-30-18-15-12-9-6-3)56-50(53)44-41-38-35-32-29-26-24-22-20-17-14-11-8-5-2/h19,21,26,29-30,33,47H,4-18,20,22-25,27-28,31-32,34-46H2,1-3H3/b21-19-,29-26-,33-30-. The highest BCUT2D eigenvalue weighted by Gasteiger charge is 2.19. The molecule has 0 saturated carbocycles. The normalized spacial score (nSPS) is 12.3. The molecule has 0 aromatic rings. The first kappa shape index (κ1) is 53.6. The zero-order valence-corrected chi connectivity index (χ0v) is 37.2. The van der Waals surface area contributed by atoms with Crippen molar-refractivity contribution in [3.8, 4) is 0 Å². The van der Waals surface area contributed by atoms with Gasteiger partial charge in [-0.05, 0) is 89.9 Å². The van der Waals surface area contributed by atoms with Crippen molar-refractivity contribution in [2.75, 3.05) is 13.2 Å². The van der Waals surface area contributed by atoms with Gasteiger partial charge in [-0.25, -0.2) is 0 Å². The third-order valence-electron chi connectivity index (χ3n) is 10.3. The molecule has 326 valence electrons. The lowest BCUT2D eigenvalue weighted by atomic mass is 10.1. The fraction of sp³-hybridized carbons (Fsp3) is 0.820. The molecule has 0 N–H and O–H groups in total. The zero-order chi connectivity index (χ0) is 40.8. The van der Waals surface area contributed by atoms with Gasteiger partial charge in [0.2, 0.25) is 0 Å². The zero-order valence-electron chi connectivity index (χ0n) is 37.2. The van der Waals surface area contributed by atoms with Crippen molar-refractivity contribution in [3.05, 3.63) is 36.5 Å². The Hall–Kier alpha value is -2.37. The minimum Gasteiger partial charge on any atom is -0.462 e. The molecule has 0 aromatic carbocycles. The van der Waals surface area contributed by atoms with Crippen LogP contribution in [0.1, 0.15) is 245 Å². The van der Waals surface area contributed by atoms with Gasteiger partial charge >= 0.3 is 17.9 Å². The van der Waals surface area contributed by atoms with Crippen LogP contribution < -0.4 is 0 Å². The maximum atomic E-state index is 12.7. The van der Waals surface area contributed by atoms with Gasteiger partial charge < -0.3 is 14.2 Å². The second-order valence-electron chi connectivity index (χ2n) is 16.0. The quantitative estimate of drug-likeness (QED) is 0.0265. The summed E-state index contributed by atoms with van der Waals surface area (Å²) in [6, 6.07) is 0. The highest BCUT2D eigenvalue weighted by molar-refractivity contribution is 5.71. The Labute approximate surface area is 346 Å². The first-order valence-corrected chi connectivity index (χ1v) is 24.0. The van der Waals surface area contributed by atoms with Crippen molar-refractivity contribution in [2.45, 2.75) is 252 Å². The molecule has 0 fully saturated rings. The summed E-state index contributed by atoms with van der Waals surface area (Å²) in [7, 11) is 0. The molecular weight excluding hydrogens is 697 g/mol. The van der Waals surface area contributed by atoms with E-state index in [0.29, 0.717) is 25.7 Å². The van der Waals surface area contributed by atoms with Crippen LogP contribution >= 0.6 is 0 Å². The monoisotopic (exact) mass is 787 g/mol. The van der Waals surface area contributed by atoms with Crippen LogP contribution in [0.5, 0.6) is 0 Å². The molecule has 56 heavy (non-hydrogen) atoms. The van der Waals surface area contributed by atoms with Crippen molar-refractivity contribution in [1.82, 2.24) is 0 Å². The first-order valence-electron chi connectivity index (χ1n) is 24.0. The Morgan fingerprint density at radius 3 is 1.00 bits per heavy atom. The maximum absolute atomic E-state index is 12.7. The van der Waals surface area contributed by atoms with E-state index in [2.05, 4.69) is 57.2 Å². The molecule has 1 unspecified atom stereocenters. The summed E-state index contributed by atoms with van der Waals surface area (Å²) < 4.78 is 16.7. The van der Waals surface area contributed by atoms with Gasteiger partial charge in [0.05, 0.1) is 0 Å². The fourth-order valence-electron chi connectivity index (χ4n) is 6.67. The number of carbonyl (C=O) groups is 3. The molecule has 0 heterocycles. The average molecular weight is 787 g/mol. The van der Waals surface area contributed by atoms with Gasteiger partial charge in [0, 0.05) is 19.3 Å². The minimum atomic E-state index is -0.788.